The molecule has 118 valence electrons. The minimum atomic E-state index is -1.34. The maximum atomic E-state index is 11.3. The second kappa shape index (κ2) is 10.2. The van der Waals surface area contributed by atoms with E-state index in [9.17, 15) is 4.79 Å². The minimum absolute atomic E-state index is 0. The normalized spacial score (nSPS) is 17.7. The molecule has 22 heavy (non-hydrogen) atoms. The Labute approximate surface area is 162 Å². The molecule has 0 radical (unpaired) electrons. The molecule has 0 saturated carbocycles. The van der Waals surface area contributed by atoms with E-state index in [4.69, 9.17) is 4.43 Å². The number of ketones is 1. The quantitative estimate of drug-likeness (QED) is 0.270. The number of carbonyl (C=O) groups is 1. The van der Waals surface area contributed by atoms with Gasteiger partial charge in [0.1, 0.15) is 12.6 Å². The molecule has 8 heteroatoms. The molecular formula is C14H18Cl2O3Si2Ti. The molecule has 3 nitrogen and oxygen atoms in total. The Kier molecular flexibility index (Phi) is 11.4. The van der Waals surface area contributed by atoms with Crippen molar-refractivity contribution in [1.29, 1.82) is 0 Å². The summed E-state index contributed by atoms with van der Waals surface area (Å²) in [5.41, 5.74) is 2.00. The van der Waals surface area contributed by atoms with Gasteiger partial charge in [0.05, 0.1) is 0 Å². The second-order valence-corrected chi connectivity index (χ2v) is 11.8. The first-order chi connectivity index (χ1) is 8.92. The van der Waals surface area contributed by atoms with Crippen molar-refractivity contribution < 1.29 is 60.5 Å². The Morgan fingerprint density at radius 2 is 1.95 bits per heavy atom. The molecule has 1 fully saturated rings. The molecule has 2 aliphatic carbocycles. The van der Waals surface area contributed by atoms with E-state index >= 15 is 0 Å². The van der Waals surface area contributed by atoms with Crippen molar-refractivity contribution in [1.82, 2.24) is 0 Å². The van der Waals surface area contributed by atoms with Crippen LogP contribution in [0.15, 0.2) is 39.8 Å². The van der Waals surface area contributed by atoms with Gasteiger partial charge in [-0.15, -0.1) is 23.8 Å². The van der Waals surface area contributed by atoms with E-state index in [0.717, 1.165) is 11.1 Å². The Morgan fingerprint density at radius 1 is 1.32 bits per heavy atom. The number of hydrogen-bond acceptors (Lipinski definition) is 3. The molecule has 0 amide bonds. The van der Waals surface area contributed by atoms with Gasteiger partial charge in [-0.1, -0.05) is 5.57 Å². The van der Waals surface area contributed by atoms with Gasteiger partial charge in [0.2, 0.25) is 0 Å². The van der Waals surface area contributed by atoms with Crippen molar-refractivity contribution in [2.75, 3.05) is 6.79 Å². The van der Waals surface area contributed by atoms with Gasteiger partial charge in [0, 0.05) is 9.52 Å². The van der Waals surface area contributed by atoms with Crippen LogP contribution in [0.5, 0.6) is 0 Å². The van der Waals surface area contributed by atoms with Gasteiger partial charge in [-0.25, -0.2) is 7.11 Å². The first-order valence-corrected chi connectivity index (χ1v) is 11.0. The van der Waals surface area contributed by atoms with Crippen LogP contribution in [0.2, 0.25) is 19.6 Å². The number of halogens is 2. The fourth-order valence-electron chi connectivity index (χ4n) is 1.82. The third kappa shape index (κ3) is 6.81. The Bertz CT molecular complexity index is 535. The Morgan fingerprint density at radius 3 is 2.41 bits per heavy atom. The van der Waals surface area contributed by atoms with Crippen LogP contribution in [-0.4, -0.2) is 30.4 Å². The van der Waals surface area contributed by atoms with Crippen molar-refractivity contribution in [3.8, 4) is 0 Å². The van der Waals surface area contributed by atoms with Gasteiger partial charge in [0.15, 0.2) is 8.32 Å². The van der Waals surface area contributed by atoms with Crippen LogP contribution < -0.4 is 24.8 Å². The van der Waals surface area contributed by atoms with E-state index in [1.54, 1.807) is 6.08 Å². The fourth-order valence-corrected chi connectivity index (χ4v) is 3.61. The summed E-state index contributed by atoms with van der Waals surface area (Å²) >= 11 is 0. The molecule has 0 bridgehead atoms. The first kappa shape index (κ1) is 24.5. The van der Waals surface area contributed by atoms with Gasteiger partial charge in [-0.2, -0.15) is 10.4 Å². The topological polar surface area (TPSA) is 35.5 Å². The molecule has 1 heterocycles. The molecule has 3 aliphatic rings. The molecular weight excluding hydrogens is 391 g/mol. The van der Waals surface area contributed by atoms with E-state index < -0.39 is 8.32 Å². The molecule has 0 N–H and O–H groups in total. The monoisotopic (exact) mass is 408 g/mol. The van der Waals surface area contributed by atoms with Gasteiger partial charge in [-0.3, -0.25) is 0 Å². The number of hydrogen-bond donors (Lipinski definition) is 0. The predicted octanol–water partition coefficient (Wildman–Crippen LogP) is -4.20. The summed E-state index contributed by atoms with van der Waals surface area (Å²) in [4.78, 5) is 11.3. The fraction of sp³-hybridized carbons (Fsp3) is 0.286. The van der Waals surface area contributed by atoms with Crippen LogP contribution in [-0.2, 0) is 35.7 Å². The number of carbonyl (C=O) groups excluding carboxylic acids is 1. The zero-order chi connectivity index (χ0) is 14.0. The van der Waals surface area contributed by atoms with Gasteiger partial charge < -0.3 is 38.8 Å². The summed E-state index contributed by atoms with van der Waals surface area (Å²) in [6.45, 7) is 6.64. The van der Waals surface area contributed by atoms with Crippen molar-refractivity contribution in [2.45, 2.75) is 19.6 Å². The van der Waals surface area contributed by atoms with Crippen LogP contribution in [0.1, 0.15) is 0 Å². The minimum Gasteiger partial charge on any atom is -1.00 e. The predicted molar refractivity (Wildman–Crippen MR) is 80.3 cm³/mol. The van der Waals surface area contributed by atoms with Crippen LogP contribution in [0.25, 0.3) is 0 Å². The molecule has 3 rings (SSSR count). The second-order valence-electron chi connectivity index (χ2n) is 5.52. The third-order valence-corrected chi connectivity index (χ3v) is 5.36. The van der Waals surface area contributed by atoms with Crippen molar-refractivity contribution >= 4 is 23.6 Å². The number of ether oxygens (including phenoxy) is 1. The summed E-state index contributed by atoms with van der Waals surface area (Å²) in [5.74, 6) is 0.185. The smallest absolute Gasteiger partial charge is 1.00 e. The molecule has 1 saturated heterocycles. The van der Waals surface area contributed by atoms with Crippen LogP contribution in [0.4, 0.5) is 0 Å². The van der Waals surface area contributed by atoms with E-state index in [1.165, 1.54) is 10.4 Å². The molecule has 0 aromatic carbocycles. The van der Waals surface area contributed by atoms with Crippen LogP contribution in [0, 0.1) is 13.2 Å². The Hall–Kier alpha value is 0.278. The summed E-state index contributed by atoms with van der Waals surface area (Å²) in [6.07, 6.45) is 8.67. The standard InChI is InChI=1S/C9H5OSi.C5H13O2Si.2ClH.Ti/c10-6-3-1-2-5-4-7-9(11-7)8(5)6;1-6-5-7-8(2,3)4;;;/h1-3H,11H2;1,5H2,2-4H3;2*1H;/q2*-1;;;+4/p-2. The van der Waals surface area contributed by atoms with Crippen molar-refractivity contribution in [3.63, 3.8) is 0 Å². The number of allylic oxidation sites excluding steroid dienone is 8. The maximum Gasteiger partial charge on any atom is 4.00 e. The maximum absolute atomic E-state index is 11.3. The Balaban J connectivity index is 0. The first-order valence-electron chi connectivity index (χ1n) is 6.23. The molecule has 0 spiro atoms. The zero-order valence-electron chi connectivity index (χ0n) is 12.8. The summed E-state index contributed by atoms with van der Waals surface area (Å²) in [5, 5.41) is 2.74. The van der Waals surface area contributed by atoms with Crippen molar-refractivity contribution in [3.05, 3.63) is 53.0 Å². The molecule has 0 atom stereocenters. The average Bonchev–Trinajstić information content (AvgIpc) is 2.98. The SMILES string of the molecule is O=C1C=CC=C2[C-]=C3[SiH2]C3=C12.[CH2-]OCO[Si](C)(C)C.[Cl-].[Cl-].[Ti+4]. The van der Waals surface area contributed by atoms with E-state index in [0.29, 0.717) is 6.79 Å². The zero-order valence-corrected chi connectivity index (χ0v) is 18.3. The van der Waals surface area contributed by atoms with E-state index in [-0.39, 0.29) is 61.8 Å². The number of rotatable bonds is 3. The summed E-state index contributed by atoms with van der Waals surface area (Å²) in [6, 6.07) is 0. The largest absolute Gasteiger partial charge is 4.00 e. The van der Waals surface area contributed by atoms with Crippen molar-refractivity contribution in [2.24, 2.45) is 0 Å². The molecule has 0 aromatic rings. The molecule has 0 aromatic heterocycles. The van der Waals surface area contributed by atoms with Gasteiger partial charge >= 0.3 is 21.7 Å². The van der Waals surface area contributed by atoms with E-state index in [2.05, 4.69) is 37.6 Å². The summed E-state index contributed by atoms with van der Waals surface area (Å²) in [7, 11) is 1.73. The third-order valence-electron chi connectivity index (χ3n) is 2.78. The van der Waals surface area contributed by atoms with Gasteiger partial charge in [-0.05, 0) is 25.7 Å². The molecule has 0 unspecified atom stereocenters. The molecule has 1 aliphatic heterocycles. The average molecular weight is 409 g/mol. The van der Waals surface area contributed by atoms with E-state index in [1.807, 2.05) is 12.2 Å². The van der Waals surface area contributed by atoms with Gasteiger partial charge in [0.25, 0.3) is 0 Å². The van der Waals surface area contributed by atoms with Crippen LogP contribution in [0.3, 0.4) is 0 Å². The van der Waals surface area contributed by atoms with Crippen LogP contribution >= 0.6 is 0 Å². The summed E-state index contributed by atoms with van der Waals surface area (Å²) < 4.78 is 9.71. The number of fused-ring (bicyclic) bond motifs is 2.